The number of nitrogens with one attached hydrogen (secondary N) is 2. The van der Waals surface area contributed by atoms with Gasteiger partial charge in [0, 0.05) is 4.88 Å². The number of hydrogen-bond acceptors (Lipinski definition) is 5. The number of thiocarbonyl (C=S) groups is 1. The Morgan fingerprint density at radius 1 is 1.38 bits per heavy atom. The average Bonchev–Trinajstić information content (AvgIpc) is 2.93. The molecule has 1 aliphatic carbocycles. The largest absolute Gasteiger partial charge is 0.506 e. The fourth-order valence-electron chi connectivity index (χ4n) is 3.16. The number of fused-ring (bicyclic) bond motifs is 1. The molecule has 3 rings (SSSR count). The summed E-state index contributed by atoms with van der Waals surface area (Å²) in [5, 5.41) is 17.1. The second-order valence-electron chi connectivity index (χ2n) is 6.65. The van der Waals surface area contributed by atoms with Gasteiger partial charge in [0.25, 0.3) is 0 Å². The minimum atomic E-state index is -0.347. The van der Waals surface area contributed by atoms with E-state index in [-0.39, 0.29) is 11.7 Å². The second kappa shape index (κ2) is 7.63. The molecule has 1 aromatic carbocycles. The van der Waals surface area contributed by atoms with Crippen molar-refractivity contribution in [2.45, 2.75) is 33.1 Å². The normalized spacial score (nSPS) is 15.9. The van der Waals surface area contributed by atoms with Crippen molar-refractivity contribution in [3.05, 3.63) is 39.8 Å². The number of phenolic OH excluding ortho intramolecular Hbond substituents is 1. The number of esters is 1. The van der Waals surface area contributed by atoms with Gasteiger partial charge >= 0.3 is 5.97 Å². The Kier molecular flexibility index (Phi) is 5.48. The SMILES string of the molecule is COC(=O)c1c(NC(=S)Nc2ccc(C)cc2O)sc2c1CC[C@@H](C)C2. The van der Waals surface area contributed by atoms with E-state index in [0.717, 1.165) is 30.4 Å². The van der Waals surface area contributed by atoms with E-state index in [0.29, 0.717) is 27.3 Å². The van der Waals surface area contributed by atoms with E-state index in [1.807, 2.05) is 13.0 Å². The number of methoxy groups -OCH3 is 1. The fourth-order valence-corrected chi connectivity index (χ4v) is 4.84. The van der Waals surface area contributed by atoms with Crippen molar-refractivity contribution in [2.75, 3.05) is 17.7 Å². The number of ether oxygens (including phenoxy) is 1. The topological polar surface area (TPSA) is 70.6 Å². The van der Waals surface area contributed by atoms with Crippen LogP contribution in [0.1, 0.15) is 39.7 Å². The Labute approximate surface area is 162 Å². The summed E-state index contributed by atoms with van der Waals surface area (Å²) in [5.74, 6) is 0.385. The van der Waals surface area contributed by atoms with Crippen LogP contribution in [-0.2, 0) is 17.6 Å². The van der Waals surface area contributed by atoms with Gasteiger partial charge < -0.3 is 20.5 Å². The van der Waals surface area contributed by atoms with Gasteiger partial charge in [-0.05, 0) is 67.6 Å². The zero-order valence-electron chi connectivity index (χ0n) is 15.0. The number of benzene rings is 1. The van der Waals surface area contributed by atoms with Gasteiger partial charge in [0.2, 0.25) is 0 Å². The maximum atomic E-state index is 12.3. The number of anilines is 2. The lowest BCUT2D eigenvalue weighted by atomic mass is 9.88. The average molecular weight is 391 g/mol. The molecule has 0 saturated heterocycles. The van der Waals surface area contributed by atoms with Crippen LogP contribution in [0.3, 0.4) is 0 Å². The first-order chi connectivity index (χ1) is 12.4. The first-order valence-corrected chi connectivity index (χ1v) is 9.72. The third kappa shape index (κ3) is 3.83. The summed E-state index contributed by atoms with van der Waals surface area (Å²) in [6, 6.07) is 5.31. The van der Waals surface area contributed by atoms with Crippen molar-refractivity contribution in [1.29, 1.82) is 0 Å². The smallest absolute Gasteiger partial charge is 0.341 e. The summed E-state index contributed by atoms with van der Waals surface area (Å²) in [6.07, 6.45) is 2.90. The van der Waals surface area contributed by atoms with Crippen LogP contribution in [-0.4, -0.2) is 23.3 Å². The molecule has 1 atom stereocenters. The van der Waals surface area contributed by atoms with E-state index in [9.17, 15) is 9.90 Å². The van der Waals surface area contributed by atoms with Gasteiger partial charge in [-0.3, -0.25) is 0 Å². The van der Waals surface area contributed by atoms with Crippen LogP contribution in [0.25, 0.3) is 0 Å². The Morgan fingerprint density at radius 3 is 2.85 bits per heavy atom. The van der Waals surface area contributed by atoms with Crippen LogP contribution in [0.5, 0.6) is 5.75 Å². The highest BCUT2D eigenvalue weighted by Crippen LogP contribution is 2.40. The molecule has 1 aromatic heterocycles. The molecule has 26 heavy (non-hydrogen) atoms. The van der Waals surface area contributed by atoms with E-state index in [4.69, 9.17) is 17.0 Å². The molecule has 5 nitrogen and oxygen atoms in total. The lowest BCUT2D eigenvalue weighted by Crippen LogP contribution is -2.20. The monoisotopic (exact) mass is 390 g/mol. The molecule has 7 heteroatoms. The Morgan fingerprint density at radius 2 is 2.15 bits per heavy atom. The number of aromatic hydroxyl groups is 1. The summed E-state index contributed by atoms with van der Waals surface area (Å²) in [4.78, 5) is 13.5. The number of rotatable bonds is 3. The third-order valence-corrected chi connectivity index (χ3v) is 5.90. The molecule has 1 aliphatic rings. The maximum Gasteiger partial charge on any atom is 0.341 e. The van der Waals surface area contributed by atoms with Crippen molar-refractivity contribution in [3.8, 4) is 5.75 Å². The van der Waals surface area contributed by atoms with Gasteiger partial charge in [0.05, 0.1) is 18.4 Å². The molecule has 0 aliphatic heterocycles. The van der Waals surface area contributed by atoms with Crippen LogP contribution in [0.15, 0.2) is 18.2 Å². The molecule has 0 fully saturated rings. The minimum Gasteiger partial charge on any atom is -0.506 e. The zero-order chi connectivity index (χ0) is 18.8. The van der Waals surface area contributed by atoms with E-state index in [2.05, 4.69) is 17.6 Å². The van der Waals surface area contributed by atoms with Gasteiger partial charge in [0.1, 0.15) is 10.8 Å². The van der Waals surface area contributed by atoms with Crippen LogP contribution in [0.4, 0.5) is 10.7 Å². The fraction of sp³-hybridized carbons (Fsp3) is 0.368. The minimum absolute atomic E-state index is 0.127. The number of thiophene rings is 1. The molecule has 0 spiro atoms. The molecule has 0 bridgehead atoms. The summed E-state index contributed by atoms with van der Waals surface area (Å²) < 4.78 is 4.98. The number of aryl methyl sites for hydroxylation is 1. The first kappa shape index (κ1) is 18.7. The summed E-state index contributed by atoms with van der Waals surface area (Å²) in [6.45, 7) is 4.12. The highest BCUT2D eigenvalue weighted by Gasteiger charge is 2.28. The molecule has 0 saturated carbocycles. The highest BCUT2D eigenvalue weighted by molar-refractivity contribution is 7.80. The first-order valence-electron chi connectivity index (χ1n) is 8.49. The predicted molar refractivity (Wildman–Crippen MR) is 110 cm³/mol. The number of phenols is 1. The van der Waals surface area contributed by atoms with Crippen LogP contribution < -0.4 is 10.6 Å². The third-order valence-electron chi connectivity index (χ3n) is 4.53. The van der Waals surface area contributed by atoms with Gasteiger partial charge in [-0.2, -0.15) is 0 Å². The highest BCUT2D eigenvalue weighted by atomic mass is 32.1. The van der Waals surface area contributed by atoms with Crippen LogP contribution >= 0.6 is 23.6 Å². The Hall–Kier alpha value is -2.12. The standard InChI is InChI=1S/C19H22N2O3S2/c1-10-5-7-13(14(22)8-10)20-19(25)21-17-16(18(23)24-3)12-6-4-11(2)9-15(12)26-17/h5,7-8,11,22H,4,6,9H2,1-3H3,(H2,20,21,25)/t11-/m1/s1. The maximum absolute atomic E-state index is 12.3. The Bertz CT molecular complexity index is 861. The molecule has 3 N–H and O–H groups in total. The molecule has 0 unspecified atom stereocenters. The number of carbonyl (C=O) groups excluding carboxylic acids is 1. The molecule has 0 amide bonds. The molecule has 2 aromatic rings. The second-order valence-corrected chi connectivity index (χ2v) is 8.16. The van der Waals surface area contributed by atoms with Crippen molar-refractivity contribution in [2.24, 2.45) is 5.92 Å². The van der Waals surface area contributed by atoms with E-state index in [1.54, 1.807) is 23.5 Å². The molecule has 138 valence electrons. The van der Waals surface area contributed by atoms with Crippen LogP contribution in [0.2, 0.25) is 0 Å². The van der Waals surface area contributed by atoms with Gasteiger partial charge in [0.15, 0.2) is 5.11 Å². The lowest BCUT2D eigenvalue weighted by molar-refractivity contribution is 0.0601. The molecular weight excluding hydrogens is 368 g/mol. The van der Waals surface area contributed by atoms with Crippen molar-refractivity contribution < 1.29 is 14.6 Å². The number of carbonyl (C=O) groups is 1. The molecule has 0 radical (unpaired) electrons. The number of hydrogen-bond donors (Lipinski definition) is 3. The zero-order valence-corrected chi connectivity index (χ0v) is 16.6. The van der Waals surface area contributed by atoms with E-state index in [1.165, 1.54) is 12.0 Å². The lowest BCUT2D eigenvalue weighted by Gasteiger charge is -2.18. The van der Waals surface area contributed by atoms with Crippen molar-refractivity contribution in [1.82, 2.24) is 0 Å². The quantitative estimate of drug-likeness (QED) is 0.408. The molecular formula is C19H22N2O3S2. The van der Waals surface area contributed by atoms with Crippen molar-refractivity contribution >= 4 is 45.3 Å². The summed E-state index contributed by atoms with van der Waals surface area (Å²) in [7, 11) is 1.39. The summed E-state index contributed by atoms with van der Waals surface area (Å²) >= 11 is 6.93. The van der Waals surface area contributed by atoms with E-state index < -0.39 is 0 Å². The predicted octanol–water partition coefficient (Wildman–Crippen LogP) is 4.48. The van der Waals surface area contributed by atoms with Gasteiger partial charge in [-0.25, -0.2) is 4.79 Å². The van der Waals surface area contributed by atoms with Crippen LogP contribution in [0, 0.1) is 12.8 Å². The van der Waals surface area contributed by atoms with Crippen molar-refractivity contribution in [3.63, 3.8) is 0 Å². The Balaban J connectivity index is 1.84. The van der Waals surface area contributed by atoms with Gasteiger partial charge in [-0.15, -0.1) is 11.3 Å². The van der Waals surface area contributed by atoms with Gasteiger partial charge in [-0.1, -0.05) is 13.0 Å². The van der Waals surface area contributed by atoms with E-state index >= 15 is 0 Å². The summed E-state index contributed by atoms with van der Waals surface area (Å²) in [5.41, 5.74) is 3.13. The molecule has 1 heterocycles.